The van der Waals surface area contributed by atoms with Crippen molar-refractivity contribution in [2.75, 3.05) is 0 Å². The first-order valence-electron chi connectivity index (χ1n) is 7.02. The summed E-state index contributed by atoms with van der Waals surface area (Å²) in [6.07, 6.45) is 12.0. The summed E-state index contributed by atoms with van der Waals surface area (Å²) in [5.41, 5.74) is 2.07. The van der Waals surface area contributed by atoms with Gasteiger partial charge in [0.05, 0.1) is 0 Å². The summed E-state index contributed by atoms with van der Waals surface area (Å²) in [6, 6.07) is 3.77. The molecule has 0 bridgehead atoms. The van der Waals surface area contributed by atoms with Crippen molar-refractivity contribution in [3.63, 3.8) is 0 Å². The fourth-order valence-electron chi connectivity index (χ4n) is 2.47. The molecule has 102 valence electrons. The fourth-order valence-corrected chi connectivity index (χ4v) is 2.47. The molecular weight excluding hydrogens is 242 g/mol. The number of halogens is 2. The standard InChI is InChI=1S/C17H20F2/c1-2-3-4-5-13-6-8-14(9-7-13)15-10-16(18)12-17(19)11-15/h6-8,10-12,14H,2-5,9H2,1H3. The minimum absolute atomic E-state index is 0.0973. The lowest BCUT2D eigenvalue weighted by Gasteiger charge is -2.17. The van der Waals surface area contributed by atoms with Gasteiger partial charge in [0.25, 0.3) is 0 Å². The second kappa shape index (κ2) is 6.65. The van der Waals surface area contributed by atoms with Crippen LogP contribution in [-0.2, 0) is 0 Å². The number of rotatable bonds is 5. The molecule has 0 spiro atoms. The number of allylic oxidation sites excluding steroid dienone is 4. The molecule has 0 radical (unpaired) electrons. The highest BCUT2D eigenvalue weighted by Crippen LogP contribution is 2.29. The van der Waals surface area contributed by atoms with Crippen molar-refractivity contribution < 1.29 is 8.78 Å². The number of benzene rings is 1. The minimum atomic E-state index is -0.499. The van der Waals surface area contributed by atoms with Crippen molar-refractivity contribution in [2.24, 2.45) is 0 Å². The van der Waals surface area contributed by atoms with Crippen molar-refractivity contribution in [1.29, 1.82) is 0 Å². The highest BCUT2D eigenvalue weighted by atomic mass is 19.1. The number of hydrogen-bond acceptors (Lipinski definition) is 0. The molecule has 1 aromatic carbocycles. The van der Waals surface area contributed by atoms with E-state index in [2.05, 4.69) is 25.2 Å². The topological polar surface area (TPSA) is 0 Å². The van der Waals surface area contributed by atoms with Crippen molar-refractivity contribution in [2.45, 2.75) is 44.9 Å². The molecular formula is C17H20F2. The van der Waals surface area contributed by atoms with E-state index in [-0.39, 0.29) is 5.92 Å². The molecule has 0 amide bonds. The van der Waals surface area contributed by atoms with Crippen molar-refractivity contribution in [1.82, 2.24) is 0 Å². The van der Waals surface area contributed by atoms with E-state index in [9.17, 15) is 8.78 Å². The molecule has 0 heterocycles. The Morgan fingerprint density at radius 1 is 1.11 bits per heavy atom. The molecule has 19 heavy (non-hydrogen) atoms. The van der Waals surface area contributed by atoms with Gasteiger partial charge in [-0.2, -0.15) is 0 Å². The average Bonchev–Trinajstić information content (AvgIpc) is 2.39. The van der Waals surface area contributed by atoms with Gasteiger partial charge in [0.15, 0.2) is 0 Å². The zero-order chi connectivity index (χ0) is 13.7. The van der Waals surface area contributed by atoms with Crippen molar-refractivity contribution in [3.8, 4) is 0 Å². The van der Waals surface area contributed by atoms with Gasteiger partial charge in [-0.05, 0) is 37.0 Å². The summed E-state index contributed by atoms with van der Waals surface area (Å²) in [7, 11) is 0. The van der Waals surface area contributed by atoms with E-state index in [1.807, 2.05) is 0 Å². The van der Waals surface area contributed by atoms with Gasteiger partial charge in [-0.3, -0.25) is 0 Å². The molecule has 0 nitrogen and oxygen atoms in total. The van der Waals surface area contributed by atoms with E-state index in [1.54, 1.807) is 0 Å². The quantitative estimate of drug-likeness (QED) is 0.613. The molecule has 0 aromatic heterocycles. The summed E-state index contributed by atoms with van der Waals surface area (Å²) >= 11 is 0. The largest absolute Gasteiger partial charge is 0.207 e. The van der Waals surface area contributed by atoms with E-state index in [4.69, 9.17) is 0 Å². The first-order chi connectivity index (χ1) is 9.19. The van der Waals surface area contributed by atoms with Crippen LogP contribution >= 0.6 is 0 Å². The van der Waals surface area contributed by atoms with Crippen LogP contribution in [0.25, 0.3) is 0 Å². The van der Waals surface area contributed by atoms with Crippen LogP contribution in [0.15, 0.2) is 42.0 Å². The number of hydrogen-bond donors (Lipinski definition) is 0. The maximum absolute atomic E-state index is 13.2. The van der Waals surface area contributed by atoms with Crippen LogP contribution in [0, 0.1) is 11.6 Å². The summed E-state index contributed by atoms with van der Waals surface area (Å²) < 4.78 is 26.4. The summed E-state index contributed by atoms with van der Waals surface area (Å²) in [4.78, 5) is 0. The molecule has 1 unspecified atom stereocenters. The lowest BCUT2D eigenvalue weighted by molar-refractivity contribution is 0.577. The third-order valence-corrected chi connectivity index (χ3v) is 3.56. The lowest BCUT2D eigenvalue weighted by Crippen LogP contribution is -2.00. The van der Waals surface area contributed by atoms with E-state index < -0.39 is 11.6 Å². The summed E-state index contributed by atoms with van der Waals surface area (Å²) in [6.45, 7) is 2.19. The third-order valence-electron chi connectivity index (χ3n) is 3.56. The molecule has 1 atom stereocenters. The molecule has 0 saturated heterocycles. The Balaban J connectivity index is 1.97. The van der Waals surface area contributed by atoms with Crippen LogP contribution in [0.3, 0.4) is 0 Å². The maximum Gasteiger partial charge on any atom is 0.126 e. The Hall–Kier alpha value is -1.44. The van der Waals surface area contributed by atoms with Gasteiger partial charge in [-0.25, -0.2) is 8.78 Å². The van der Waals surface area contributed by atoms with E-state index in [1.165, 1.54) is 37.0 Å². The van der Waals surface area contributed by atoms with Gasteiger partial charge < -0.3 is 0 Å². The Labute approximate surface area is 113 Å². The molecule has 0 fully saturated rings. The first kappa shape index (κ1) is 14.0. The Morgan fingerprint density at radius 2 is 1.84 bits per heavy atom. The number of unbranched alkanes of at least 4 members (excludes halogenated alkanes) is 2. The molecule has 2 heteroatoms. The lowest BCUT2D eigenvalue weighted by atomic mass is 9.89. The Morgan fingerprint density at radius 3 is 2.42 bits per heavy atom. The second-order valence-electron chi connectivity index (χ2n) is 5.14. The van der Waals surface area contributed by atoms with Gasteiger partial charge in [0.1, 0.15) is 11.6 Å². The predicted molar refractivity (Wildman–Crippen MR) is 75.1 cm³/mol. The molecule has 1 aromatic rings. The smallest absolute Gasteiger partial charge is 0.126 e. The molecule has 0 aliphatic heterocycles. The summed E-state index contributed by atoms with van der Waals surface area (Å²) in [5, 5.41) is 0. The highest BCUT2D eigenvalue weighted by Gasteiger charge is 2.13. The van der Waals surface area contributed by atoms with Crippen LogP contribution in [-0.4, -0.2) is 0 Å². The predicted octanol–water partition coefficient (Wildman–Crippen LogP) is 5.52. The first-order valence-corrected chi connectivity index (χ1v) is 7.02. The van der Waals surface area contributed by atoms with Crippen molar-refractivity contribution in [3.05, 3.63) is 59.2 Å². The zero-order valence-corrected chi connectivity index (χ0v) is 11.3. The van der Waals surface area contributed by atoms with Crippen LogP contribution < -0.4 is 0 Å². The highest BCUT2D eigenvalue weighted by molar-refractivity contribution is 5.33. The van der Waals surface area contributed by atoms with Gasteiger partial charge in [-0.1, -0.05) is 43.6 Å². The fraction of sp³-hybridized carbons (Fsp3) is 0.412. The van der Waals surface area contributed by atoms with Crippen molar-refractivity contribution >= 4 is 0 Å². The van der Waals surface area contributed by atoms with Gasteiger partial charge >= 0.3 is 0 Å². The van der Waals surface area contributed by atoms with Crippen LogP contribution in [0.5, 0.6) is 0 Å². The van der Waals surface area contributed by atoms with E-state index in [0.717, 1.165) is 24.5 Å². The normalized spacial score (nSPS) is 18.5. The molecule has 1 aliphatic rings. The zero-order valence-electron chi connectivity index (χ0n) is 11.3. The van der Waals surface area contributed by atoms with Gasteiger partial charge in [-0.15, -0.1) is 0 Å². The Bertz CT molecular complexity index is 466. The Kier molecular flexibility index (Phi) is 4.89. The minimum Gasteiger partial charge on any atom is -0.207 e. The maximum atomic E-state index is 13.2. The van der Waals surface area contributed by atoms with E-state index in [0.29, 0.717) is 0 Å². The van der Waals surface area contributed by atoms with Crippen LogP contribution in [0.2, 0.25) is 0 Å². The van der Waals surface area contributed by atoms with Gasteiger partial charge in [0.2, 0.25) is 0 Å². The molecule has 0 N–H and O–H groups in total. The molecule has 0 saturated carbocycles. The summed E-state index contributed by atoms with van der Waals surface area (Å²) in [5.74, 6) is -0.901. The third kappa shape index (κ3) is 4.02. The average molecular weight is 262 g/mol. The van der Waals surface area contributed by atoms with Crippen LogP contribution in [0.4, 0.5) is 8.78 Å². The molecule has 2 rings (SSSR count). The van der Waals surface area contributed by atoms with Crippen LogP contribution in [0.1, 0.15) is 50.5 Å². The van der Waals surface area contributed by atoms with Gasteiger partial charge in [0, 0.05) is 12.0 Å². The molecule has 1 aliphatic carbocycles. The monoisotopic (exact) mass is 262 g/mol. The SMILES string of the molecule is CCCCCC1=CCC(c2cc(F)cc(F)c2)C=C1. The van der Waals surface area contributed by atoms with E-state index >= 15 is 0 Å². The second-order valence-corrected chi connectivity index (χ2v) is 5.14.